The third-order valence-corrected chi connectivity index (χ3v) is 4.54. The summed E-state index contributed by atoms with van der Waals surface area (Å²) < 4.78 is 5.68. The number of hydrogen-bond acceptors (Lipinski definition) is 2. The molecule has 2 nitrogen and oxygen atoms in total. The fourth-order valence-electron chi connectivity index (χ4n) is 4.08. The molecule has 1 saturated carbocycles. The van der Waals surface area contributed by atoms with Crippen molar-refractivity contribution in [3.8, 4) is 0 Å². The number of hydrogen-bond donors (Lipinski definition) is 1. The second kappa shape index (κ2) is 5.71. The van der Waals surface area contributed by atoms with Gasteiger partial charge >= 0.3 is 0 Å². The fraction of sp³-hybridized carbons (Fsp3) is 1.00. The molecular formula is C15H29NO. The highest BCUT2D eigenvalue weighted by molar-refractivity contribution is 4.92. The van der Waals surface area contributed by atoms with Crippen molar-refractivity contribution in [1.29, 1.82) is 0 Å². The molecule has 1 heterocycles. The van der Waals surface area contributed by atoms with Crippen molar-refractivity contribution >= 4 is 0 Å². The summed E-state index contributed by atoms with van der Waals surface area (Å²) in [5, 5.41) is 0. The summed E-state index contributed by atoms with van der Waals surface area (Å²) in [6, 6.07) is 0. The summed E-state index contributed by atoms with van der Waals surface area (Å²) in [6.45, 7) is 5.70. The lowest BCUT2D eigenvalue weighted by molar-refractivity contribution is 0.0960. The topological polar surface area (TPSA) is 35.2 Å². The SMILES string of the molecule is CC1CC(C)CC(N)(CCCC2CCCO2)C1. The molecule has 2 fully saturated rings. The van der Waals surface area contributed by atoms with Gasteiger partial charge in [-0.1, -0.05) is 13.8 Å². The molecule has 2 rings (SSSR count). The minimum atomic E-state index is 0.121. The van der Waals surface area contributed by atoms with Gasteiger partial charge in [0, 0.05) is 12.1 Å². The van der Waals surface area contributed by atoms with Crippen LogP contribution in [0.1, 0.15) is 65.2 Å². The maximum atomic E-state index is 6.58. The van der Waals surface area contributed by atoms with Gasteiger partial charge in [-0.15, -0.1) is 0 Å². The summed E-state index contributed by atoms with van der Waals surface area (Å²) in [5.74, 6) is 1.62. The van der Waals surface area contributed by atoms with E-state index in [0.717, 1.165) is 18.4 Å². The normalized spacial score (nSPS) is 42.9. The van der Waals surface area contributed by atoms with Crippen LogP contribution in [-0.4, -0.2) is 18.2 Å². The van der Waals surface area contributed by atoms with Crippen LogP contribution in [0, 0.1) is 11.8 Å². The van der Waals surface area contributed by atoms with Crippen LogP contribution in [0.2, 0.25) is 0 Å². The Kier molecular flexibility index (Phi) is 4.48. The van der Waals surface area contributed by atoms with Crippen LogP contribution in [0.15, 0.2) is 0 Å². The number of nitrogens with two attached hydrogens (primary N) is 1. The van der Waals surface area contributed by atoms with Crippen molar-refractivity contribution in [3.05, 3.63) is 0 Å². The quantitative estimate of drug-likeness (QED) is 0.815. The van der Waals surface area contributed by atoms with Crippen LogP contribution in [0.3, 0.4) is 0 Å². The van der Waals surface area contributed by atoms with E-state index in [1.807, 2.05) is 0 Å². The molecule has 17 heavy (non-hydrogen) atoms. The molecule has 0 spiro atoms. The third kappa shape index (κ3) is 3.96. The molecule has 0 radical (unpaired) electrons. The Morgan fingerprint density at radius 1 is 1.24 bits per heavy atom. The van der Waals surface area contributed by atoms with E-state index in [2.05, 4.69) is 13.8 Å². The molecule has 2 heteroatoms. The first kappa shape index (κ1) is 13.4. The van der Waals surface area contributed by atoms with E-state index in [4.69, 9.17) is 10.5 Å². The van der Waals surface area contributed by atoms with Crippen LogP contribution < -0.4 is 5.73 Å². The summed E-state index contributed by atoms with van der Waals surface area (Å²) >= 11 is 0. The van der Waals surface area contributed by atoms with E-state index >= 15 is 0 Å². The minimum absolute atomic E-state index is 0.121. The zero-order chi connectivity index (χ0) is 12.3. The smallest absolute Gasteiger partial charge is 0.0576 e. The minimum Gasteiger partial charge on any atom is -0.378 e. The van der Waals surface area contributed by atoms with Crippen molar-refractivity contribution in [2.45, 2.75) is 76.9 Å². The molecule has 3 unspecified atom stereocenters. The Balaban J connectivity index is 1.72. The lowest BCUT2D eigenvalue weighted by Crippen LogP contribution is -2.46. The summed E-state index contributed by atoms with van der Waals surface area (Å²) in [5.41, 5.74) is 6.70. The first-order valence-corrected chi connectivity index (χ1v) is 7.48. The van der Waals surface area contributed by atoms with Gasteiger partial charge < -0.3 is 10.5 Å². The van der Waals surface area contributed by atoms with E-state index in [0.29, 0.717) is 6.10 Å². The van der Waals surface area contributed by atoms with Gasteiger partial charge in [0.25, 0.3) is 0 Å². The molecule has 1 aliphatic carbocycles. The standard InChI is InChI=1S/C15H29NO/c1-12-9-13(2)11-15(16,10-12)7-3-5-14-6-4-8-17-14/h12-14H,3-11,16H2,1-2H3. The third-order valence-electron chi connectivity index (χ3n) is 4.54. The number of rotatable bonds is 4. The van der Waals surface area contributed by atoms with E-state index in [1.165, 1.54) is 51.4 Å². The zero-order valence-electron chi connectivity index (χ0n) is 11.6. The predicted molar refractivity (Wildman–Crippen MR) is 71.9 cm³/mol. The van der Waals surface area contributed by atoms with Gasteiger partial charge in [-0.05, 0) is 63.2 Å². The molecule has 0 aromatic rings. The highest BCUT2D eigenvalue weighted by Crippen LogP contribution is 2.37. The largest absolute Gasteiger partial charge is 0.378 e. The Bertz CT molecular complexity index is 225. The van der Waals surface area contributed by atoms with Gasteiger partial charge in [0.1, 0.15) is 0 Å². The molecule has 2 N–H and O–H groups in total. The molecule has 3 atom stereocenters. The fourth-order valence-corrected chi connectivity index (χ4v) is 4.08. The molecule has 0 aromatic heterocycles. The Hall–Kier alpha value is -0.0800. The van der Waals surface area contributed by atoms with Gasteiger partial charge in [0.2, 0.25) is 0 Å². The van der Waals surface area contributed by atoms with E-state index in [-0.39, 0.29) is 5.54 Å². The molecule has 2 aliphatic rings. The molecule has 1 aliphatic heterocycles. The van der Waals surface area contributed by atoms with Gasteiger partial charge in [-0.2, -0.15) is 0 Å². The first-order chi connectivity index (χ1) is 8.07. The molecule has 1 saturated heterocycles. The van der Waals surface area contributed by atoms with Crippen LogP contribution in [0.4, 0.5) is 0 Å². The van der Waals surface area contributed by atoms with Gasteiger partial charge in [0.15, 0.2) is 0 Å². The Morgan fingerprint density at radius 2 is 1.94 bits per heavy atom. The monoisotopic (exact) mass is 239 g/mol. The van der Waals surface area contributed by atoms with Gasteiger partial charge in [-0.25, -0.2) is 0 Å². The molecular weight excluding hydrogens is 210 g/mol. The highest BCUT2D eigenvalue weighted by atomic mass is 16.5. The number of ether oxygens (including phenoxy) is 1. The van der Waals surface area contributed by atoms with Crippen LogP contribution >= 0.6 is 0 Å². The molecule has 0 bridgehead atoms. The lowest BCUT2D eigenvalue weighted by atomic mass is 9.70. The first-order valence-electron chi connectivity index (χ1n) is 7.48. The maximum Gasteiger partial charge on any atom is 0.0576 e. The Labute approximate surface area is 106 Å². The summed E-state index contributed by atoms with van der Waals surface area (Å²) in [4.78, 5) is 0. The van der Waals surface area contributed by atoms with Crippen molar-refractivity contribution < 1.29 is 4.74 Å². The van der Waals surface area contributed by atoms with Crippen LogP contribution in [0.25, 0.3) is 0 Å². The van der Waals surface area contributed by atoms with Crippen molar-refractivity contribution in [2.75, 3.05) is 6.61 Å². The Morgan fingerprint density at radius 3 is 2.53 bits per heavy atom. The van der Waals surface area contributed by atoms with Crippen molar-refractivity contribution in [3.63, 3.8) is 0 Å². The van der Waals surface area contributed by atoms with Crippen molar-refractivity contribution in [1.82, 2.24) is 0 Å². The van der Waals surface area contributed by atoms with Crippen LogP contribution in [0.5, 0.6) is 0 Å². The summed E-state index contributed by atoms with van der Waals surface area (Å²) in [6.07, 6.45) is 10.5. The lowest BCUT2D eigenvalue weighted by Gasteiger charge is -2.40. The zero-order valence-corrected chi connectivity index (χ0v) is 11.6. The second-order valence-corrected chi connectivity index (χ2v) is 6.74. The van der Waals surface area contributed by atoms with Gasteiger partial charge in [0.05, 0.1) is 6.10 Å². The van der Waals surface area contributed by atoms with Crippen LogP contribution in [-0.2, 0) is 4.74 Å². The average Bonchev–Trinajstić information content (AvgIpc) is 2.67. The molecule has 100 valence electrons. The highest BCUT2D eigenvalue weighted by Gasteiger charge is 2.34. The van der Waals surface area contributed by atoms with E-state index in [9.17, 15) is 0 Å². The molecule has 0 aromatic carbocycles. The van der Waals surface area contributed by atoms with E-state index < -0.39 is 0 Å². The molecule has 0 amide bonds. The summed E-state index contributed by atoms with van der Waals surface area (Å²) in [7, 11) is 0. The van der Waals surface area contributed by atoms with Crippen molar-refractivity contribution in [2.24, 2.45) is 17.6 Å². The van der Waals surface area contributed by atoms with E-state index in [1.54, 1.807) is 0 Å². The predicted octanol–water partition coefficient (Wildman–Crippen LogP) is 3.49. The average molecular weight is 239 g/mol. The maximum absolute atomic E-state index is 6.58. The second-order valence-electron chi connectivity index (χ2n) is 6.74. The van der Waals surface area contributed by atoms with Gasteiger partial charge in [-0.3, -0.25) is 0 Å².